The Morgan fingerprint density at radius 2 is 1.93 bits per heavy atom. The molecule has 0 bridgehead atoms. The van der Waals surface area contributed by atoms with Crippen LogP contribution in [0.3, 0.4) is 0 Å². The molecule has 3 heterocycles. The number of rotatable bonds is 2. The molecule has 138 valence electrons. The van der Waals surface area contributed by atoms with Gasteiger partial charge in [-0.05, 0) is 29.8 Å². The van der Waals surface area contributed by atoms with Crippen LogP contribution in [0.5, 0.6) is 11.5 Å². The normalized spacial score (nSPS) is 14.9. The number of carbonyl (C=O) groups excluding carboxylic acids is 1. The average Bonchev–Trinajstić information content (AvgIpc) is 3.05. The molecule has 0 saturated carbocycles. The van der Waals surface area contributed by atoms with Gasteiger partial charge in [0.05, 0.1) is 23.3 Å². The van der Waals surface area contributed by atoms with Gasteiger partial charge in [0, 0.05) is 28.6 Å². The number of phenols is 2. The van der Waals surface area contributed by atoms with Crippen LogP contribution >= 0.6 is 0 Å². The van der Waals surface area contributed by atoms with Gasteiger partial charge in [0.1, 0.15) is 0 Å². The predicted molar refractivity (Wildman–Crippen MR) is 104 cm³/mol. The van der Waals surface area contributed by atoms with E-state index >= 15 is 0 Å². The van der Waals surface area contributed by atoms with Gasteiger partial charge in [0.25, 0.3) is 5.91 Å². The quantitative estimate of drug-likeness (QED) is 0.404. The number of nitrogens with two attached hydrogens (primary N) is 1. The van der Waals surface area contributed by atoms with Crippen molar-refractivity contribution in [2.75, 3.05) is 5.32 Å². The van der Waals surface area contributed by atoms with Crippen molar-refractivity contribution in [3.63, 3.8) is 0 Å². The first-order valence-electron chi connectivity index (χ1n) is 8.72. The monoisotopic (exact) mass is 372 g/mol. The molecule has 1 amide bonds. The summed E-state index contributed by atoms with van der Waals surface area (Å²) in [4.78, 5) is 12.1. The maximum atomic E-state index is 12.1. The second-order valence-electron chi connectivity index (χ2n) is 6.73. The molecule has 5 rings (SSSR count). The summed E-state index contributed by atoms with van der Waals surface area (Å²) in [5.74, 6) is -0.929. The maximum Gasteiger partial charge on any atom is 0.251 e. The van der Waals surface area contributed by atoms with Gasteiger partial charge in [-0.15, -0.1) is 0 Å². The number of phenolic OH excluding ortho intramolecular Hbond substituents is 2. The van der Waals surface area contributed by atoms with E-state index in [4.69, 9.17) is 5.73 Å². The SMILES string of the molecule is NC(=O)c1cnn2ccc3c2c1-c1ccccc1NC3c1ccc(O)c(O)c1. The third-order valence-corrected chi connectivity index (χ3v) is 5.12. The van der Waals surface area contributed by atoms with Gasteiger partial charge >= 0.3 is 0 Å². The smallest absolute Gasteiger partial charge is 0.251 e. The minimum atomic E-state index is -0.548. The van der Waals surface area contributed by atoms with Crippen molar-refractivity contribution in [2.24, 2.45) is 5.73 Å². The number of hydrogen-bond acceptors (Lipinski definition) is 5. The Kier molecular flexibility index (Phi) is 3.33. The van der Waals surface area contributed by atoms with Crippen molar-refractivity contribution in [3.05, 3.63) is 77.6 Å². The second kappa shape index (κ2) is 5.75. The van der Waals surface area contributed by atoms with Crippen molar-refractivity contribution in [2.45, 2.75) is 6.04 Å². The summed E-state index contributed by atoms with van der Waals surface area (Å²) in [6.45, 7) is 0. The molecule has 5 N–H and O–H groups in total. The number of anilines is 1. The molecule has 0 radical (unpaired) electrons. The lowest BCUT2D eigenvalue weighted by atomic mass is 9.96. The molecule has 7 nitrogen and oxygen atoms in total. The van der Waals surface area contributed by atoms with Crippen molar-refractivity contribution in [1.29, 1.82) is 0 Å². The number of nitrogens with one attached hydrogen (secondary N) is 1. The molecule has 2 aromatic heterocycles. The summed E-state index contributed by atoms with van der Waals surface area (Å²) >= 11 is 0. The van der Waals surface area contributed by atoms with Gasteiger partial charge in [-0.1, -0.05) is 24.3 Å². The lowest BCUT2D eigenvalue weighted by Gasteiger charge is -2.20. The molecule has 7 heteroatoms. The number of nitrogens with zero attached hydrogens (tertiary/aromatic N) is 2. The van der Waals surface area contributed by atoms with Crippen LogP contribution in [0.25, 0.3) is 16.6 Å². The Labute approximate surface area is 159 Å². The van der Waals surface area contributed by atoms with Gasteiger partial charge in [0.2, 0.25) is 0 Å². The molecule has 1 aliphatic heterocycles. The Morgan fingerprint density at radius 3 is 2.71 bits per heavy atom. The number of hydrogen-bond donors (Lipinski definition) is 4. The van der Waals surface area contributed by atoms with Gasteiger partial charge in [-0.25, -0.2) is 4.52 Å². The standard InChI is InChI=1S/C21H16N4O3/c22-21(28)14-10-23-25-8-7-13-19(11-5-6-16(26)17(27)9-11)24-15-4-2-1-3-12(15)18(14)20(13)25/h1-10,19,24,26-27H,(H2,22,28). The number of aromatic nitrogens is 2. The molecule has 0 fully saturated rings. The minimum absolute atomic E-state index is 0.183. The first kappa shape index (κ1) is 16.2. The highest BCUT2D eigenvalue weighted by Crippen LogP contribution is 2.44. The predicted octanol–water partition coefficient (Wildman–Crippen LogP) is 3.03. The second-order valence-corrected chi connectivity index (χ2v) is 6.73. The molecule has 1 unspecified atom stereocenters. The van der Waals surface area contributed by atoms with Crippen LogP contribution < -0.4 is 11.1 Å². The first-order chi connectivity index (χ1) is 13.5. The number of amides is 1. The Balaban J connectivity index is 1.88. The van der Waals surface area contributed by atoms with E-state index in [9.17, 15) is 15.0 Å². The number of benzene rings is 2. The van der Waals surface area contributed by atoms with Crippen molar-refractivity contribution >= 4 is 17.1 Å². The summed E-state index contributed by atoms with van der Waals surface area (Å²) in [5, 5.41) is 27.5. The van der Waals surface area contributed by atoms with E-state index in [2.05, 4.69) is 10.4 Å². The molecule has 1 aliphatic rings. The Bertz CT molecular complexity index is 1260. The molecule has 28 heavy (non-hydrogen) atoms. The average molecular weight is 372 g/mol. The number of primary amides is 1. The highest BCUT2D eigenvalue weighted by Gasteiger charge is 2.29. The molecule has 4 aromatic rings. The van der Waals surface area contributed by atoms with E-state index in [-0.39, 0.29) is 17.5 Å². The van der Waals surface area contributed by atoms with Gasteiger partial charge in [0.15, 0.2) is 11.5 Å². The summed E-state index contributed by atoms with van der Waals surface area (Å²) in [5.41, 5.74) is 10.8. The fraction of sp³-hybridized carbons (Fsp3) is 0.0476. The van der Waals surface area contributed by atoms with Crippen LogP contribution in [-0.2, 0) is 0 Å². The van der Waals surface area contributed by atoms with Gasteiger partial charge in [-0.3, -0.25) is 4.79 Å². The fourth-order valence-electron chi connectivity index (χ4n) is 3.84. The molecule has 0 aliphatic carbocycles. The van der Waals surface area contributed by atoms with Gasteiger partial charge < -0.3 is 21.3 Å². The molecule has 0 saturated heterocycles. The van der Waals surface area contributed by atoms with Crippen LogP contribution in [0.1, 0.15) is 27.5 Å². The zero-order valence-electron chi connectivity index (χ0n) is 14.6. The number of para-hydroxylation sites is 1. The zero-order chi connectivity index (χ0) is 19.4. The van der Waals surface area contributed by atoms with E-state index in [1.54, 1.807) is 10.6 Å². The number of fused-ring (bicyclic) bond motifs is 2. The zero-order valence-corrected chi connectivity index (χ0v) is 14.6. The van der Waals surface area contributed by atoms with E-state index < -0.39 is 5.91 Å². The van der Waals surface area contributed by atoms with Gasteiger partial charge in [-0.2, -0.15) is 5.10 Å². The number of aromatic hydroxyl groups is 2. The molecular weight excluding hydrogens is 356 g/mol. The van der Waals surface area contributed by atoms with Crippen LogP contribution in [0.15, 0.2) is 60.9 Å². The fourth-order valence-corrected chi connectivity index (χ4v) is 3.84. The topological polar surface area (TPSA) is 113 Å². The Morgan fingerprint density at radius 1 is 1.11 bits per heavy atom. The van der Waals surface area contributed by atoms with Crippen molar-refractivity contribution in [1.82, 2.24) is 9.61 Å². The summed E-state index contributed by atoms with van der Waals surface area (Å²) in [7, 11) is 0. The lowest BCUT2D eigenvalue weighted by Crippen LogP contribution is -2.14. The molecule has 0 spiro atoms. The third-order valence-electron chi connectivity index (χ3n) is 5.12. The summed E-state index contributed by atoms with van der Waals surface area (Å²) in [6, 6.07) is 14.0. The number of carbonyl (C=O) groups is 1. The summed E-state index contributed by atoms with van der Waals surface area (Å²) < 4.78 is 1.72. The van der Waals surface area contributed by atoms with Crippen LogP contribution in [0, 0.1) is 0 Å². The highest BCUT2D eigenvalue weighted by atomic mass is 16.3. The van der Waals surface area contributed by atoms with Crippen LogP contribution in [0.2, 0.25) is 0 Å². The van der Waals surface area contributed by atoms with E-state index in [0.29, 0.717) is 5.56 Å². The highest BCUT2D eigenvalue weighted by molar-refractivity contribution is 6.06. The minimum Gasteiger partial charge on any atom is -0.504 e. The molecule has 2 aromatic carbocycles. The lowest BCUT2D eigenvalue weighted by molar-refractivity contribution is 0.100. The van der Waals surface area contributed by atoms with Crippen molar-refractivity contribution < 1.29 is 15.0 Å². The largest absolute Gasteiger partial charge is 0.504 e. The molecule has 1 atom stereocenters. The van der Waals surface area contributed by atoms with E-state index in [1.165, 1.54) is 18.3 Å². The third kappa shape index (κ3) is 2.23. The van der Waals surface area contributed by atoms with Crippen LogP contribution in [-0.4, -0.2) is 25.7 Å². The summed E-state index contributed by atoms with van der Waals surface area (Å²) in [6.07, 6.45) is 3.31. The molecular formula is C21H16N4O3. The van der Waals surface area contributed by atoms with Crippen molar-refractivity contribution in [3.8, 4) is 22.6 Å². The maximum absolute atomic E-state index is 12.1. The Hall–Kier alpha value is -4.00. The van der Waals surface area contributed by atoms with E-state index in [1.807, 2.05) is 36.5 Å². The van der Waals surface area contributed by atoms with Crippen LogP contribution in [0.4, 0.5) is 5.69 Å². The van der Waals surface area contributed by atoms with E-state index in [0.717, 1.165) is 33.5 Å². The first-order valence-corrected chi connectivity index (χ1v) is 8.72.